The Balaban J connectivity index is 1.83. The van der Waals surface area contributed by atoms with Crippen LogP contribution in [0.5, 0.6) is 0 Å². The molecule has 0 saturated carbocycles. The number of nitrogens with one attached hydrogen (secondary N) is 1. The van der Waals surface area contributed by atoms with Crippen molar-refractivity contribution in [2.45, 2.75) is 31.3 Å². The van der Waals surface area contributed by atoms with Crippen LogP contribution in [0.25, 0.3) is 0 Å². The SMILES string of the molecule is C=C(C)[C@H]1CC=C(CSc2n[nH]c(N)n2)CC1. The van der Waals surface area contributed by atoms with Crippen LogP contribution in [0.2, 0.25) is 0 Å². The van der Waals surface area contributed by atoms with Crippen molar-refractivity contribution in [3.63, 3.8) is 0 Å². The molecule has 1 aromatic rings. The third-order valence-corrected chi connectivity index (χ3v) is 4.03. The summed E-state index contributed by atoms with van der Waals surface area (Å²) in [6.07, 6.45) is 5.84. The van der Waals surface area contributed by atoms with Gasteiger partial charge in [0.2, 0.25) is 11.1 Å². The lowest BCUT2D eigenvalue weighted by Crippen LogP contribution is -2.07. The van der Waals surface area contributed by atoms with Crippen LogP contribution in [0.15, 0.2) is 29.0 Å². The molecule has 17 heavy (non-hydrogen) atoms. The summed E-state index contributed by atoms with van der Waals surface area (Å²) in [7, 11) is 0. The van der Waals surface area contributed by atoms with E-state index >= 15 is 0 Å². The van der Waals surface area contributed by atoms with Gasteiger partial charge in [0, 0.05) is 5.75 Å². The molecule has 1 atom stereocenters. The molecule has 0 aromatic carbocycles. The molecule has 0 unspecified atom stereocenters. The van der Waals surface area contributed by atoms with E-state index in [1.807, 2.05) is 0 Å². The summed E-state index contributed by atoms with van der Waals surface area (Å²) in [5.74, 6) is 2.01. The predicted octanol–water partition coefficient (Wildman–Crippen LogP) is 2.78. The molecule has 0 aliphatic heterocycles. The van der Waals surface area contributed by atoms with Gasteiger partial charge in [0.25, 0.3) is 0 Å². The fraction of sp³-hybridized carbons (Fsp3) is 0.500. The zero-order valence-corrected chi connectivity index (χ0v) is 10.9. The Morgan fingerprint density at radius 3 is 3.06 bits per heavy atom. The Kier molecular flexibility index (Phi) is 3.89. The number of nitrogens with zero attached hydrogens (tertiary/aromatic N) is 2. The molecule has 3 N–H and O–H groups in total. The maximum atomic E-state index is 5.47. The highest BCUT2D eigenvalue weighted by molar-refractivity contribution is 7.99. The van der Waals surface area contributed by atoms with E-state index in [1.165, 1.54) is 17.6 Å². The van der Waals surface area contributed by atoms with Crippen LogP contribution >= 0.6 is 11.8 Å². The van der Waals surface area contributed by atoms with E-state index < -0.39 is 0 Å². The van der Waals surface area contributed by atoms with Gasteiger partial charge in [-0.2, -0.15) is 4.98 Å². The van der Waals surface area contributed by atoms with Crippen molar-refractivity contribution in [3.8, 4) is 0 Å². The summed E-state index contributed by atoms with van der Waals surface area (Å²) < 4.78 is 0. The van der Waals surface area contributed by atoms with Crippen molar-refractivity contribution in [2.75, 3.05) is 11.5 Å². The highest BCUT2D eigenvalue weighted by Crippen LogP contribution is 2.30. The third kappa shape index (κ3) is 3.36. The normalized spacial score (nSPS) is 20.1. The standard InChI is InChI=1S/C12H18N4S/c1-8(2)10-5-3-9(4-6-10)7-17-12-14-11(13)15-16-12/h3,10H,1,4-7H2,2H3,(H3,13,14,15,16)/t10-/m0/s1. The van der Waals surface area contributed by atoms with Crippen LogP contribution in [-0.4, -0.2) is 20.9 Å². The van der Waals surface area contributed by atoms with Crippen LogP contribution in [0.1, 0.15) is 26.2 Å². The molecule has 5 heteroatoms. The topological polar surface area (TPSA) is 67.6 Å². The Bertz CT molecular complexity index is 435. The number of hydrogen-bond donors (Lipinski definition) is 2. The van der Waals surface area contributed by atoms with Gasteiger partial charge in [-0.1, -0.05) is 35.6 Å². The smallest absolute Gasteiger partial charge is 0.216 e. The maximum absolute atomic E-state index is 5.47. The summed E-state index contributed by atoms with van der Waals surface area (Å²) in [6.45, 7) is 6.15. The van der Waals surface area contributed by atoms with Crippen LogP contribution in [-0.2, 0) is 0 Å². The molecule has 2 rings (SSSR count). The second-order valence-corrected chi connectivity index (χ2v) is 5.41. The lowest BCUT2D eigenvalue weighted by Gasteiger charge is -2.21. The molecule has 92 valence electrons. The van der Waals surface area contributed by atoms with E-state index in [0.29, 0.717) is 11.9 Å². The number of H-pyrrole nitrogens is 1. The molecular weight excluding hydrogens is 232 g/mol. The van der Waals surface area contributed by atoms with Crippen molar-refractivity contribution in [1.29, 1.82) is 0 Å². The molecule has 0 fully saturated rings. The van der Waals surface area contributed by atoms with Gasteiger partial charge in [0.15, 0.2) is 0 Å². The first-order valence-electron chi connectivity index (χ1n) is 5.79. The Labute approximate surface area is 106 Å². The quantitative estimate of drug-likeness (QED) is 0.637. The molecule has 1 aromatic heterocycles. The van der Waals surface area contributed by atoms with Gasteiger partial charge in [-0.25, -0.2) is 5.10 Å². The van der Waals surface area contributed by atoms with Crippen molar-refractivity contribution >= 4 is 17.7 Å². The number of anilines is 1. The fourth-order valence-corrected chi connectivity index (χ4v) is 2.80. The summed E-state index contributed by atoms with van der Waals surface area (Å²) in [5, 5.41) is 7.37. The molecular formula is C12H18N4S. The monoisotopic (exact) mass is 250 g/mol. The first kappa shape index (κ1) is 12.2. The molecule has 1 aliphatic rings. The largest absolute Gasteiger partial charge is 0.368 e. The van der Waals surface area contributed by atoms with Crippen molar-refractivity contribution in [2.24, 2.45) is 5.92 Å². The van der Waals surface area contributed by atoms with E-state index in [-0.39, 0.29) is 0 Å². The average molecular weight is 250 g/mol. The maximum Gasteiger partial charge on any atom is 0.216 e. The number of aromatic nitrogens is 3. The molecule has 0 amide bonds. The summed E-state index contributed by atoms with van der Waals surface area (Å²) in [6, 6.07) is 0. The van der Waals surface area contributed by atoms with Crippen LogP contribution < -0.4 is 5.73 Å². The fourth-order valence-electron chi connectivity index (χ4n) is 1.95. The van der Waals surface area contributed by atoms with E-state index in [2.05, 4.69) is 34.8 Å². The Morgan fingerprint density at radius 2 is 2.53 bits per heavy atom. The van der Waals surface area contributed by atoms with Crippen molar-refractivity contribution < 1.29 is 0 Å². The second-order valence-electron chi connectivity index (χ2n) is 4.47. The zero-order chi connectivity index (χ0) is 12.3. The van der Waals surface area contributed by atoms with Gasteiger partial charge in [-0.3, -0.25) is 0 Å². The zero-order valence-electron chi connectivity index (χ0n) is 10.1. The van der Waals surface area contributed by atoms with Crippen LogP contribution in [0.3, 0.4) is 0 Å². The number of rotatable bonds is 4. The lowest BCUT2D eigenvalue weighted by atomic mass is 9.86. The number of nitrogens with two attached hydrogens (primary N) is 1. The molecule has 0 bridgehead atoms. The minimum Gasteiger partial charge on any atom is -0.368 e. The van der Waals surface area contributed by atoms with Crippen molar-refractivity contribution in [1.82, 2.24) is 15.2 Å². The molecule has 0 saturated heterocycles. The summed E-state index contributed by atoms with van der Waals surface area (Å²) in [5.41, 5.74) is 8.25. The van der Waals surface area contributed by atoms with Crippen LogP contribution in [0.4, 0.5) is 5.95 Å². The van der Waals surface area contributed by atoms with Gasteiger partial charge in [-0.05, 0) is 32.1 Å². The van der Waals surface area contributed by atoms with Gasteiger partial charge in [0.05, 0.1) is 0 Å². The minimum absolute atomic E-state index is 0.382. The first-order chi connectivity index (χ1) is 8.15. The van der Waals surface area contributed by atoms with Gasteiger partial charge in [-0.15, -0.1) is 5.10 Å². The second kappa shape index (κ2) is 5.40. The molecule has 4 nitrogen and oxygen atoms in total. The summed E-state index contributed by atoms with van der Waals surface area (Å²) >= 11 is 1.63. The van der Waals surface area contributed by atoms with Crippen molar-refractivity contribution in [3.05, 3.63) is 23.8 Å². The van der Waals surface area contributed by atoms with Gasteiger partial charge in [0.1, 0.15) is 0 Å². The molecule has 1 aliphatic carbocycles. The van der Waals surface area contributed by atoms with E-state index in [9.17, 15) is 0 Å². The van der Waals surface area contributed by atoms with E-state index in [0.717, 1.165) is 23.8 Å². The highest BCUT2D eigenvalue weighted by Gasteiger charge is 2.15. The van der Waals surface area contributed by atoms with Gasteiger partial charge >= 0.3 is 0 Å². The molecule has 0 radical (unpaired) electrons. The molecule has 1 heterocycles. The first-order valence-corrected chi connectivity index (χ1v) is 6.77. The van der Waals surface area contributed by atoms with Gasteiger partial charge < -0.3 is 5.73 Å². The Hall–Kier alpha value is -1.23. The predicted molar refractivity (Wildman–Crippen MR) is 71.8 cm³/mol. The number of allylic oxidation sites excluding steroid dienone is 2. The molecule has 0 spiro atoms. The number of aromatic amines is 1. The van der Waals surface area contributed by atoms with E-state index in [1.54, 1.807) is 11.8 Å². The number of hydrogen-bond acceptors (Lipinski definition) is 4. The number of nitrogen functional groups attached to an aromatic ring is 1. The highest BCUT2D eigenvalue weighted by atomic mass is 32.2. The lowest BCUT2D eigenvalue weighted by molar-refractivity contribution is 0.541. The van der Waals surface area contributed by atoms with Crippen LogP contribution in [0, 0.1) is 5.92 Å². The minimum atomic E-state index is 0.382. The third-order valence-electron chi connectivity index (χ3n) is 3.07. The van der Waals surface area contributed by atoms with E-state index in [4.69, 9.17) is 5.73 Å². The average Bonchev–Trinajstić information content (AvgIpc) is 2.73. The summed E-state index contributed by atoms with van der Waals surface area (Å²) in [4.78, 5) is 4.07. The number of thioether (sulfide) groups is 1. The Morgan fingerprint density at radius 1 is 1.71 bits per heavy atom.